The van der Waals surface area contributed by atoms with Gasteiger partial charge in [0.05, 0.1) is 0 Å². The van der Waals surface area contributed by atoms with Crippen LogP contribution >= 0.6 is 21.6 Å². The molecule has 0 aliphatic carbocycles. The van der Waals surface area contributed by atoms with E-state index in [-0.39, 0.29) is 5.75 Å². The molecule has 0 heterocycles. The molecule has 0 fully saturated rings. The third kappa shape index (κ3) is 4.62. The van der Waals surface area contributed by atoms with E-state index in [1.807, 2.05) is 0 Å². The van der Waals surface area contributed by atoms with Crippen molar-refractivity contribution in [1.82, 2.24) is 0 Å². The van der Waals surface area contributed by atoms with Gasteiger partial charge in [-0.3, -0.25) is 9.35 Å². The Morgan fingerprint density at radius 1 is 1.28 bits per heavy atom. The Balaban J connectivity index is 4.42. The van der Waals surface area contributed by atoms with Gasteiger partial charge >= 0.3 is 11.9 Å². The van der Waals surface area contributed by atoms with Gasteiger partial charge in [0.15, 0.2) is 0 Å². The lowest BCUT2D eigenvalue weighted by molar-refractivity contribution is -0.139. The standard InChI is InChI=1S/C6H12N2O7S3/c7-3(4(9)10)1-16-17-2-6(8,5(11)12)18(13,14)15/h3H,1-2,7-8H2,(H,9,10)(H,11,12)(H,13,14,15). The Hall–Kier alpha value is -0.530. The number of carbonyl (C=O) groups is 2. The number of carboxylic acid groups (broad SMARTS) is 2. The van der Waals surface area contributed by atoms with Gasteiger partial charge in [0, 0.05) is 11.5 Å². The maximum Gasteiger partial charge on any atom is 0.343 e. The highest BCUT2D eigenvalue weighted by Crippen LogP contribution is 2.27. The van der Waals surface area contributed by atoms with Gasteiger partial charge in [0.2, 0.25) is 0 Å². The second-order valence-electron chi connectivity index (χ2n) is 3.16. The minimum Gasteiger partial charge on any atom is -0.480 e. The summed E-state index contributed by atoms with van der Waals surface area (Å²) < 4.78 is 30.4. The number of aliphatic carboxylic acids is 2. The fraction of sp³-hybridized carbons (Fsp3) is 0.667. The summed E-state index contributed by atoms with van der Waals surface area (Å²) in [5, 5.41) is 17.1. The lowest BCUT2D eigenvalue weighted by Gasteiger charge is -2.20. The summed E-state index contributed by atoms with van der Waals surface area (Å²) in [4.78, 5) is 18.2. The molecule has 2 atom stereocenters. The van der Waals surface area contributed by atoms with E-state index in [2.05, 4.69) is 0 Å². The highest BCUT2D eigenvalue weighted by Gasteiger charge is 2.47. The Kier molecular flexibility index (Phi) is 6.39. The molecule has 0 aromatic carbocycles. The number of hydrogen-bond acceptors (Lipinski definition) is 8. The molecule has 106 valence electrons. The maximum atomic E-state index is 10.8. The average molecular weight is 320 g/mol. The number of nitrogens with two attached hydrogens (primary N) is 2. The maximum absolute atomic E-state index is 10.8. The molecule has 0 bridgehead atoms. The molecule has 0 aromatic rings. The molecular formula is C6H12N2O7S3. The van der Waals surface area contributed by atoms with Crippen LogP contribution in [0, 0.1) is 0 Å². The first kappa shape index (κ1) is 17.5. The zero-order chi connectivity index (χ0) is 14.6. The third-order valence-corrected chi connectivity index (χ3v) is 5.66. The second-order valence-corrected chi connectivity index (χ2v) is 7.35. The molecule has 0 radical (unpaired) electrons. The van der Waals surface area contributed by atoms with Gasteiger partial charge in [-0.1, -0.05) is 21.6 Å². The average Bonchev–Trinajstić information content (AvgIpc) is 2.21. The van der Waals surface area contributed by atoms with E-state index in [1.165, 1.54) is 0 Å². The van der Waals surface area contributed by atoms with Gasteiger partial charge in [-0.15, -0.1) is 0 Å². The zero-order valence-corrected chi connectivity index (χ0v) is 11.3. The molecule has 0 spiro atoms. The quantitative estimate of drug-likeness (QED) is 0.197. The number of carboxylic acids is 2. The van der Waals surface area contributed by atoms with Gasteiger partial charge in [-0.2, -0.15) is 8.42 Å². The van der Waals surface area contributed by atoms with Crippen LogP contribution in [-0.4, -0.2) is 57.5 Å². The molecule has 0 rings (SSSR count). The van der Waals surface area contributed by atoms with Crippen molar-refractivity contribution in [3.8, 4) is 0 Å². The van der Waals surface area contributed by atoms with Crippen LogP contribution in [0.4, 0.5) is 0 Å². The van der Waals surface area contributed by atoms with E-state index in [0.717, 1.165) is 10.8 Å². The third-order valence-electron chi connectivity index (χ3n) is 1.74. The summed E-state index contributed by atoms with van der Waals surface area (Å²) in [7, 11) is -3.45. The molecule has 0 amide bonds. The second kappa shape index (κ2) is 6.58. The first-order chi connectivity index (χ1) is 8.02. The fourth-order valence-electron chi connectivity index (χ4n) is 0.568. The normalized spacial score (nSPS) is 16.8. The van der Waals surface area contributed by atoms with Crippen molar-refractivity contribution in [1.29, 1.82) is 0 Å². The van der Waals surface area contributed by atoms with E-state index in [1.54, 1.807) is 0 Å². The van der Waals surface area contributed by atoms with Crippen molar-refractivity contribution in [2.24, 2.45) is 11.5 Å². The molecule has 12 heteroatoms. The Morgan fingerprint density at radius 3 is 2.11 bits per heavy atom. The first-order valence-corrected chi connectivity index (χ1v) is 8.17. The fourth-order valence-corrected chi connectivity index (χ4v) is 4.09. The smallest absolute Gasteiger partial charge is 0.343 e. The van der Waals surface area contributed by atoms with E-state index in [0.29, 0.717) is 10.8 Å². The lowest BCUT2D eigenvalue weighted by Crippen LogP contribution is -2.56. The summed E-state index contributed by atoms with van der Waals surface area (Å²) >= 11 is 0. The highest BCUT2D eigenvalue weighted by molar-refractivity contribution is 8.76. The van der Waals surface area contributed by atoms with E-state index in [4.69, 9.17) is 26.2 Å². The van der Waals surface area contributed by atoms with Gasteiger partial charge < -0.3 is 21.7 Å². The van der Waals surface area contributed by atoms with Crippen molar-refractivity contribution in [2.75, 3.05) is 11.5 Å². The van der Waals surface area contributed by atoms with Crippen LogP contribution in [0.15, 0.2) is 0 Å². The van der Waals surface area contributed by atoms with Gasteiger partial charge in [0.25, 0.3) is 15.0 Å². The Labute approximate surface area is 110 Å². The summed E-state index contributed by atoms with van der Waals surface area (Å²) in [5.74, 6) is -3.87. The van der Waals surface area contributed by atoms with Crippen molar-refractivity contribution in [2.45, 2.75) is 10.9 Å². The van der Waals surface area contributed by atoms with Crippen molar-refractivity contribution >= 4 is 43.6 Å². The number of rotatable bonds is 8. The molecule has 2 unspecified atom stereocenters. The Morgan fingerprint density at radius 2 is 1.78 bits per heavy atom. The SMILES string of the molecule is NC(CSSCC(N)(C(=O)O)S(=O)(=O)O)C(=O)O. The molecule has 0 saturated heterocycles. The van der Waals surface area contributed by atoms with Crippen LogP contribution in [0.25, 0.3) is 0 Å². The highest BCUT2D eigenvalue weighted by atomic mass is 33.1. The van der Waals surface area contributed by atoms with Gasteiger partial charge in [-0.25, -0.2) is 4.79 Å². The topological polar surface area (TPSA) is 181 Å². The summed E-state index contributed by atoms with van der Waals surface area (Å²) in [6.45, 7) is 0. The number of hydrogen-bond donors (Lipinski definition) is 5. The van der Waals surface area contributed by atoms with Crippen molar-refractivity contribution in [3.05, 3.63) is 0 Å². The Bertz CT molecular complexity index is 425. The van der Waals surface area contributed by atoms with Crippen LogP contribution in [0.2, 0.25) is 0 Å². The van der Waals surface area contributed by atoms with Crippen LogP contribution < -0.4 is 11.5 Å². The molecule has 0 aliphatic rings. The van der Waals surface area contributed by atoms with Gasteiger partial charge in [-0.05, 0) is 0 Å². The molecule has 0 saturated carbocycles. The van der Waals surface area contributed by atoms with Crippen LogP contribution in [0.5, 0.6) is 0 Å². The van der Waals surface area contributed by atoms with Gasteiger partial charge in [0.1, 0.15) is 6.04 Å². The van der Waals surface area contributed by atoms with E-state index < -0.39 is 38.7 Å². The molecule has 7 N–H and O–H groups in total. The molecule has 0 aliphatic heterocycles. The zero-order valence-electron chi connectivity index (χ0n) is 8.85. The molecule has 0 aromatic heterocycles. The van der Waals surface area contributed by atoms with E-state index >= 15 is 0 Å². The van der Waals surface area contributed by atoms with E-state index in [9.17, 15) is 18.0 Å². The minimum atomic E-state index is -4.98. The predicted molar refractivity (Wildman–Crippen MR) is 66.6 cm³/mol. The predicted octanol–water partition coefficient (Wildman–Crippen LogP) is -1.59. The lowest BCUT2D eigenvalue weighted by atomic mass is 10.4. The molecule has 18 heavy (non-hydrogen) atoms. The monoisotopic (exact) mass is 320 g/mol. The summed E-state index contributed by atoms with van der Waals surface area (Å²) in [6, 6.07) is -1.16. The van der Waals surface area contributed by atoms with Crippen molar-refractivity contribution in [3.63, 3.8) is 0 Å². The minimum absolute atomic E-state index is 0.0683. The van der Waals surface area contributed by atoms with Crippen LogP contribution in [-0.2, 0) is 19.7 Å². The first-order valence-electron chi connectivity index (χ1n) is 4.24. The summed E-state index contributed by atoms with van der Waals surface area (Å²) in [6.07, 6.45) is 0. The largest absolute Gasteiger partial charge is 0.480 e. The van der Waals surface area contributed by atoms with Crippen LogP contribution in [0.3, 0.4) is 0 Å². The molecule has 9 nitrogen and oxygen atoms in total. The van der Waals surface area contributed by atoms with Crippen LogP contribution in [0.1, 0.15) is 0 Å². The summed E-state index contributed by atoms with van der Waals surface area (Å²) in [5.41, 5.74) is 10.2. The molecular weight excluding hydrogens is 308 g/mol. The van der Waals surface area contributed by atoms with Crippen molar-refractivity contribution < 1.29 is 32.8 Å².